The van der Waals surface area contributed by atoms with Crippen LogP contribution >= 0.6 is 0 Å². The molecule has 0 unspecified atom stereocenters. The van der Waals surface area contributed by atoms with Crippen LogP contribution in [-0.4, -0.2) is 38.8 Å². The second kappa shape index (κ2) is 7.81. The van der Waals surface area contributed by atoms with Gasteiger partial charge in [-0.2, -0.15) is 0 Å². The summed E-state index contributed by atoms with van der Waals surface area (Å²) in [5, 5.41) is 3.10. The molecule has 0 aliphatic heterocycles. The molecule has 0 atom stereocenters. The first-order valence-corrected chi connectivity index (χ1v) is 5.76. The quantitative estimate of drug-likeness (QED) is 0.692. The average Bonchev–Trinajstić information content (AvgIpc) is 2.36. The Bertz CT molecular complexity index is 324. The molecule has 0 radical (unpaired) electrons. The van der Waals surface area contributed by atoms with E-state index in [0.717, 1.165) is 25.5 Å². The second-order valence-corrected chi connectivity index (χ2v) is 3.78. The Morgan fingerprint density at radius 1 is 1.53 bits per heavy atom. The molecule has 1 N–H and O–H groups in total. The number of aromatic nitrogens is 1. The lowest BCUT2D eigenvalue weighted by molar-refractivity contribution is 0.205. The van der Waals surface area contributed by atoms with Gasteiger partial charge in [0.15, 0.2) is 0 Å². The van der Waals surface area contributed by atoms with Crippen LogP contribution in [0, 0.1) is 0 Å². The zero-order valence-electron chi connectivity index (χ0n) is 10.6. The van der Waals surface area contributed by atoms with Gasteiger partial charge in [0.2, 0.25) is 0 Å². The van der Waals surface area contributed by atoms with Crippen LogP contribution in [0.1, 0.15) is 5.56 Å². The molecule has 0 aromatic carbocycles. The second-order valence-electron chi connectivity index (χ2n) is 3.78. The van der Waals surface area contributed by atoms with Crippen molar-refractivity contribution in [1.82, 2.24) is 10.3 Å². The molecule has 0 spiro atoms. The SMILES string of the molecule is C=CCN(CCOC)c1ccc(CNC)cn1. The maximum atomic E-state index is 5.09. The molecule has 1 rings (SSSR count). The highest BCUT2D eigenvalue weighted by Crippen LogP contribution is 2.11. The van der Waals surface area contributed by atoms with Crippen molar-refractivity contribution >= 4 is 5.82 Å². The van der Waals surface area contributed by atoms with Crippen molar-refractivity contribution in [3.63, 3.8) is 0 Å². The fraction of sp³-hybridized carbons (Fsp3) is 0.462. The van der Waals surface area contributed by atoms with Crippen molar-refractivity contribution in [2.75, 3.05) is 38.8 Å². The molecule has 1 aromatic heterocycles. The number of nitrogens with zero attached hydrogens (tertiary/aromatic N) is 2. The van der Waals surface area contributed by atoms with Crippen molar-refractivity contribution in [2.45, 2.75) is 6.54 Å². The summed E-state index contributed by atoms with van der Waals surface area (Å²) >= 11 is 0. The standard InChI is InChI=1S/C13H21N3O/c1-4-7-16(8-9-17-3)13-6-5-12(10-14-2)11-15-13/h4-6,11,14H,1,7-10H2,2-3H3. The third-order valence-corrected chi connectivity index (χ3v) is 2.43. The van der Waals surface area contributed by atoms with Crippen molar-refractivity contribution in [3.05, 3.63) is 36.5 Å². The fourth-order valence-electron chi connectivity index (χ4n) is 1.57. The summed E-state index contributed by atoms with van der Waals surface area (Å²) in [6, 6.07) is 4.12. The van der Waals surface area contributed by atoms with Crippen LogP contribution in [0.25, 0.3) is 0 Å². The van der Waals surface area contributed by atoms with E-state index >= 15 is 0 Å². The minimum atomic E-state index is 0.688. The molecule has 0 saturated carbocycles. The van der Waals surface area contributed by atoms with Gasteiger partial charge in [-0.15, -0.1) is 6.58 Å². The van der Waals surface area contributed by atoms with Gasteiger partial charge < -0.3 is 15.0 Å². The molecule has 4 heteroatoms. The highest BCUT2D eigenvalue weighted by Gasteiger charge is 2.05. The number of nitrogens with one attached hydrogen (secondary N) is 1. The zero-order chi connectivity index (χ0) is 12.5. The first-order valence-electron chi connectivity index (χ1n) is 5.76. The molecule has 94 valence electrons. The van der Waals surface area contributed by atoms with Gasteiger partial charge in [0, 0.05) is 32.9 Å². The Morgan fingerprint density at radius 2 is 2.35 bits per heavy atom. The third kappa shape index (κ3) is 4.54. The molecular formula is C13H21N3O. The summed E-state index contributed by atoms with van der Waals surface area (Å²) in [5.41, 5.74) is 1.18. The minimum absolute atomic E-state index is 0.688. The predicted molar refractivity (Wildman–Crippen MR) is 71.3 cm³/mol. The molecule has 0 saturated heterocycles. The highest BCUT2D eigenvalue weighted by atomic mass is 16.5. The molecule has 17 heavy (non-hydrogen) atoms. The summed E-state index contributed by atoms with van der Waals surface area (Å²) in [6.45, 7) is 6.89. The van der Waals surface area contributed by atoms with E-state index in [4.69, 9.17) is 4.74 Å². The van der Waals surface area contributed by atoms with E-state index in [9.17, 15) is 0 Å². The van der Waals surface area contributed by atoms with E-state index < -0.39 is 0 Å². The van der Waals surface area contributed by atoms with Gasteiger partial charge in [0.1, 0.15) is 5.82 Å². The van der Waals surface area contributed by atoms with Crippen LogP contribution in [0.4, 0.5) is 5.82 Å². The van der Waals surface area contributed by atoms with Gasteiger partial charge in [-0.3, -0.25) is 0 Å². The molecule has 1 heterocycles. The van der Waals surface area contributed by atoms with E-state index in [-0.39, 0.29) is 0 Å². The molecule has 0 aliphatic rings. The number of pyridine rings is 1. The maximum absolute atomic E-state index is 5.09. The van der Waals surface area contributed by atoms with Gasteiger partial charge in [-0.25, -0.2) is 4.98 Å². The predicted octanol–water partition coefficient (Wildman–Crippen LogP) is 1.44. The maximum Gasteiger partial charge on any atom is 0.128 e. The number of anilines is 1. The van der Waals surface area contributed by atoms with Gasteiger partial charge in [-0.05, 0) is 18.7 Å². The Kier molecular flexibility index (Phi) is 6.29. The lowest BCUT2D eigenvalue weighted by Gasteiger charge is -2.21. The molecule has 0 amide bonds. The number of hydrogen-bond donors (Lipinski definition) is 1. The van der Waals surface area contributed by atoms with Gasteiger partial charge in [-0.1, -0.05) is 12.1 Å². The van der Waals surface area contributed by atoms with Crippen molar-refractivity contribution < 1.29 is 4.74 Å². The molecule has 4 nitrogen and oxygen atoms in total. The van der Waals surface area contributed by atoms with E-state index in [2.05, 4.69) is 27.8 Å². The van der Waals surface area contributed by atoms with Gasteiger partial charge in [0.25, 0.3) is 0 Å². The Balaban J connectivity index is 2.68. The van der Waals surface area contributed by atoms with E-state index in [1.165, 1.54) is 5.56 Å². The number of hydrogen-bond acceptors (Lipinski definition) is 4. The smallest absolute Gasteiger partial charge is 0.128 e. The first-order chi connectivity index (χ1) is 8.31. The molecule has 0 fully saturated rings. The van der Waals surface area contributed by atoms with Gasteiger partial charge >= 0.3 is 0 Å². The molecular weight excluding hydrogens is 214 g/mol. The van der Waals surface area contributed by atoms with Crippen LogP contribution < -0.4 is 10.2 Å². The lowest BCUT2D eigenvalue weighted by Crippen LogP contribution is -2.28. The molecule has 0 bridgehead atoms. The van der Waals surface area contributed by atoms with Crippen LogP contribution in [0.2, 0.25) is 0 Å². The Hall–Kier alpha value is -1.39. The molecule has 0 aliphatic carbocycles. The first kappa shape index (κ1) is 13.7. The van der Waals surface area contributed by atoms with Crippen molar-refractivity contribution in [3.8, 4) is 0 Å². The number of rotatable bonds is 8. The number of ether oxygens (including phenoxy) is 1. The van der Waals surface area contributed by atoms with Crippen LogP contribution in [0.3, 0.4) is 0 Å². The average molecular weight is 235 g/mol. The lowest BCUT2D eigenvalue weighted by atomic mass is 10.2. The monoisotopic (exact) mass is 235 g/mol. The largest absolute Gasteiger partial charge is 0.383 e. The highest BCUT2D eigenvalue weighted by molar-refractivity contribution is 5.40. The van der Waals surface area contributed by atoms with Gasteiger partial charge in [0.05, 0.1) is 6.61 Å². The van der Waals surface area contributed by atoms with Crippen molar-refractivity contribution in [1.29, 1.82) is 0 Å². The molecule has 1 aromatic rings. The third-order valence-electron chi connectivity index (χ3n) is 2.43. The van der Waals surface area contributed by atoms with Crippen LogP contribution in [0.15, 0.2) is 31.0 Å². The topological polar surface area (TPSA) is 37.4 Å². The summed E-state index contributed by atoms with van der Waals surface area (Å²) in [7, 11) is 3.63. The normalized spacial score (nSPS) is 10.2. The summed E-state index contributed by atoms with van der Waals surface area (Å²) in [6.07, 6.45) is 3.77. The van der Waals surface area contributed by atoms with E-state index in [1.54, 1.807) is 7.11 Å². The van der Waals surface area contributed by atoms with Crippen LogP contribution in [0.5, 0.6) is 0 Å². The zero-order valence-corrected chi connectivity index (χ0v) is 10.6. The summed E-state index contributed by atoms with van der Waals surface area (Å²) in [4.78, 5) is 6.59. The Morgan fingerprint density at radius 3 is 2.88 bits per heavy atom. The fourth-order valence-corrected chi connectivity index (χ4v) is 1.57. The Labute approximate surface area is 103 Å². The summed E-state index contributed by atoms with van der Waals surface area (Å²) < 4.78 is 5.09. The van der Waals surface area contributed by atoms with E-state index in [1.807, 2.05) is 25.4 Å². The van der Waals surface area contributed by atoms with Crippen molar-refractivity contribution in [2.24, 2.45) is 0 Å². The summed E-state index contributed by atoms with van der Waals surface area (Å²) in [5.74, 6) is 0.960. The number of methoxy groups -OCH3 is 1. The van der Waals surface area contributed by atoms with Crippen LogP contribution in [-0.2, 0) is 11.3 Å². The minimum Gasteiger partial charge on any atom is -0.383 e. The van der Waals surface area contributed by atoms with E-state index in [0.29, 0.717) is 6.61 Å².